The number of sulfonamides is 1. The second-order valence-corrected chi connectivity index (χ2v) is 7.27. The third-order valence-electron chi connectivity index (χ3n) is 3.68. The van der Waals surface area contributed by atoms with Crippen LogP contribution in [0.2, 0.25) is 5.02 Å². The highest BCUT2D eigenvalue weighted by molar-refractivity contribution is 7.89. The molecule has 1 aliphatic heterocycles. The molecule has 0 bridgehead atoms. The van der Waals surface area contributed by atoms with Crippen LogP contribution in [0.25, 0.3) is 0 Å². The SMILES string of the molecule is NS(=O)(=O)c1cc(C(=O)OCN2C(=O)c3ccccc3C2=O)ccc1Cl. The second-order valence-electron chi connectivity index (χ2n) is 5.34. The molecule has 0 saturated carbocycles. The first-order valence-electron chi connectivity index (χ1n) is 7.15. The van der Waals surface area contributed by atoms with E-state index in [0.29, 0.717) is 0 Å². The molecule has 2 amide bonds. The summed E-state index contributed by atoms with van der Waals surface area (Å²) in [6, 6.07) is 9.60. The van der Waals surface area contributed by atoms with Crippen LogP contribution >= 0.6 is 11.6 Å². The van der Waals surface area contributed by atoms with Gasteiger partial charge in [-0.15, -0.1) is 0 Å². The number of carbonyl (C=O) groups is 3. The lowest BCUT2D eigenvalue weighted by Crippen LogP contribution is -2.33. The Morgan fingerprint density at radius 1 is 1.08 bits per heavy atom. The molecule has 0 aromatic heterocycles. The average molecular weight is 395 g/mol. The van der Waals surface area contributed by atoms with Gasteiger partial charge in [-0.2, -0.15) is 0 Å². The largest absolute Gasteiger partial charge is 0.440 e. The van der Waals surface area contributed by atoms with Gasteiger partial charge in [0.25, 0.3) is 11.8 Å². The van der Waals surface area contributed by atoms with Crippen molar-refractivity contribution in [3.05, 3.63) is 64.2 Å². The number of esters is 1. The Kier molecular flexibility index (Phi) is 4.53. The van der Waals surface area contributed by atoms with Crippen molar-refractivity contribution in [1.29, 1.82) is 0 Å². The molecule has 134 valence electrons. The van der Waals surface area contributed by atoms with Crippen LogP contribution in [0.5, 0.6) is 0 Å². The average Bonchev–Trinajstić information content (AvgIpc) is 2.83. The summed E-state index contributed by atoms with van der Waals surface area (Å²) < 4.78 is 27.9. The molecule has 10 heteroatoms. The molecule has 0 atom stereocenters. The first kappa shape index (κ1) is 18.1. The third kappa shape index (κ3) is 3.19. The molecule has 8 nitrogen and oxygen atoms in total. The molecule has 0 aliphatic carbocycles. The van der Waals surface area contributed by atoms with Crippen molar-refractivity contribution in [2.24, 2.45) is 5.14 Å². The minimum atomic E-state index is -4.13. The maximum Gasteiger partial charge on any atom is 0.339 e. The van der Waals surface area contributed by atoms with Gasteiger partial charge in [-0.25, -0.2) is 23.3 Å². The van der Waals surface area contributed by atoms with Crippen molar-refractivity contribution in [3.63, 3.8) is 0 Å². The maximum atomic E-state index is 12.2. The molecule has 0 saturated heterocycles. The summed E-state index contributed by atoms with van der Waals surface area (Å²) in [4.78, 5) is 36.8. The van der Waals surface area contributed by atoms with Crippen LogP contribution in [0.1, 0.15) is 31.1 Å². The highest BCUT2D eigenvalue weighted by Crippen LogP contribution is 2.24. The molecule has 0 unspecified atom stereocenters. The predicted molar refractivity (Wildman–Crippen MR) is 90.0 cm³/mol. The van der Waals surface area contributed by atoms with Crippen molar-refractivity contribution in [2.45, 2.75) is 4.90 Å². The van der Waals surface area contributed by atoms with Gasteiger partial charge < -0.3 is 4.74 Å². The van der Waals surface area contributed by atoms with Crippen LogP contribution in [0.4, 0.5) is 0 Å². The number of primary sulfonamides is 1. The zero-order valence-electron chi connectivity index (χ0n) is 13.0. The van der Waals surface area contributed by atoms with Gasteiger partial charge in [-0.1, -0.05) is 23.7 Å². The van der Waals surface area contributed by atoms with E-state index in [2.05, 4.69) is 0 Å². The Balaban J connectivity index is 1.77. The fourth-order valence-corrected chi connectivity index (χ4v) is 3.48. The maximum absolute atomic E-state index is 12.2. The van der Waals surface area contributed by atoms with Gasteiger partial charge in [0.15, 0.2) is 6.73 Å². The molecular weight excluding hydrogens is 384 g/mol. The summed E-state index contributed by atoms with van der Waals surface area (Å²) in [6.07, 6.45) is 0. The smallest absolute Gasteiger partial charge is 0.339 e. The number of hydrogen-bond donors (Lipinski definition) is 1. The number of carbonyl (C=O) groups excluding carboxylic acids is 3. The first-order chi connectivity index (χ1) is 12.2. The Morgan fingerprint density at radius 2 is 1.65 bits per heavy atom. The number of benzene rings is 2. The van der Waals surface area contributed by atoms with E-state index in [9.17, 15) is 22.8 Å². The summed E-state index contributed by atoms with van der Waals surface area (Å²) in [7, 11) is -4.13. The molecule has 0 radical (unpaired) electrons. The number of fused-ring (bicyclic) bond motifs is 1. The van der Waals surface area contributed by atoms with Crippen molar-refractivity contribution in [3.8, 4) is 0 Å². The Bertz CT molecular complexity index is 1020. The van der Waals surface area contributed by atoms with Crippen molar-refractivity contribution in [1.82, 2.24) is 4.90 Å². The Hall–Kier alpha value is -2.75. The van der Waals surface area contributed by atoms with Gasteiger partial charge in [-0.3, -0.25) is 9.59 Å². The third-order valence-corrected chi connectivity index (χ3v) is 5.07. The van der Waals surface area contributed by atoms with Gasteiger partial charge in [0.2, 0.25) is 10.0 Å². The monoisotopic (exact) mass is 394 g/mol. The minimum absolute atomic E-state index is 0.143. The van der Waals surface area contributed by atoms with E-state index < -0.39 is 39.4 Å². The lowest BCUT2D eigenvalue weighted by atomic mass is 10.1. The fraction of sp³-hybridized carbons (Fsp3) is 0.0625. The van der Waals surface area contributed by atoms with E-state index in [0.717, 1.165) is 11.0 Å². The van der Waals surface area contributed by atoms with Crippen molar-refractivity contribution < 1.29 is 27.5 Å². The molecule has 1 aliphatic rings. The van der Waals surface area contributed by atoms with Gasteiger partial charge >= 0.3 is 5.97 Å². The van der Waals surface area contributed by atoms with Crippen LogP contribution in [0.3, 0.4) is 0 Å². The molecule has 0 fully saturated rings. The number of hydrogen-bond acceptors (Lipinski definition) is 6. The number of rotatable bonds is 4. The molecule has 2 N–H and O–H groups in total. The van der Waals surface area contributed by atoms with Gasteiger partial charge in [-0.05, 0) is 30.3 Å². The second kappa shape index (κ2) is 6.52. The van der Waals surface area contributed by atoms with E-state index in [1.165, 1.54) is 24.3 Å². The fourth-order valence-electron chi connectivity index (χ4n) is 2.41. The van der Waals surface area contributed by atoms with Crippen LogP contribution in [0, 0.1) is 0 Å². The van der Waals surface area contributed by atoms with Crippen LogP contribution in [-0.2, 0) is 14.8 Å². The first-order valence-corrected chi connectivity index (χ1v) is 9.07. The van der Waals surface area contributed by atoms with E-state index in [1.54, 1.807) is 12.1 Å². The van der Waals surface area contributed by atoms with Crippen LogP contribution in [-0.4, -0.2) is 37.8 Å². The predicted octanol–water partition coefficient (Wildman–Crippen LogP) is 1.40. The highest BCUT2D eigenvalue weighted by atomic mass is 35.5. The quantitative estimate of drug-likeness (QED) is 0.617. The zero-order chi connectivity index (χ0) is 19.1. The summed E-state index contributed by atoms with van der Waals surface area (Å²) in [5.74, 6) is -2.11. The van der Waals surface area contributed by atoms with Gasteiger partial charge in [0, 0.05) is 0 Å². The number of nitrogens with zero attached hydrogens (tertiary/aromatic N) is 1. The van der Waals surface area contributed by atoms with Crippen LogP contribution < -0.4 is 5.14 Å². The molecule has 1 heterocycles. The van der Waals surface area contributed by atoms with Crippen LogP contribution in [0.15, 0.2) is 47.4 Å². The summed E-state index contributed by atoms with van der Waals surface area (Å²) in [5.41, 5.74) is 0.295. The number of ether oxygens (including phenoxy) is 1. The van der Waals surface area contributed by atoms with E-state index >= 15 is 0 Å². The normalized spacial score (nSPS) is 13.7. The molecule has 3 rings (SSSR count). The zero-order valence-corrected chi connectivity index (χ0v) is 14.6. The van der Waals surface area contributed by atoms with E-state index in [1.807, 2.05) is 0 Å². The Labute approximate surface area is 153 Å². The summed E-state index contributed by atoms with van der Waals surface area (Å²) in [5, 5.41) is 4.87. The van der Waals surface area contributed by atoms with E-state index in [-0.39, 0.29) is 21.7 Å². The highest BCUT2D eigenvalue weighted by Gasteiger charge is 2.35. The molecule has 26 heavy (non-hydrogen) atoms. The molecule has 0 spiro atoms. The van der Waals surface area contributed by atoms with E-state index in [4.69, 9.17) is 21.5 Å². The number of amides is 2. The minimum Gasteiger partial charge on any atom is -0.440 e. The molecule has 2 aromatic rings. The van der Waals surface area contributed by atoms with Crippen molar-refractivity contribution >= 4 is 39.4 Å². The number of imide groups is 1. The summed E-state index contributed by atoms with van der Waals surface area (Å²) in [6.45, 7) is -0.613. The Morgan fingerprint density at radius 3 is 2.19 bits per heavy atom. The standard InChI is InChI=1S/C16H11ClN2O6S/c17-12-6-5-9(7-13(12)26(18,23)24)16(22)25-8-19-14(20)10-3-1-2-4-11(10)15(19)21/h1-7H,8H2,(H2,18,23,24). The summed E-state index contributed by atoms with van der Waals surface area (Å²) >= 11 is 5.75. The van der Waals surface area contributed by atoms with Crippen molar-refractivity contribution in [2.75, 3.05) is 6.73 Å². The lowest BCUT2D eigenvalue weighted by Gasteiger charge is -2.14. The number of halogens is 1. The lowest BCUT2D eigenvalue weighted by molar-refractivity contribution is 0.0228. The topological polar surface area (TPSA) is 124 Å². The van der Waals surface area contributed by atoms with Gasteiger partial charge in [0.1, 0.15) is 4.90 Å². The van der Waals surface area contributed by atoms with Gasteiger partial charge in [0.05, 0.1) is 21.7 Å². The molecule has 2 aromatic carbocycles. The number of nitrogens with two attached hydrogens (primary N) is 1. The molecular formula is C16H11ClN2O6S.